The fourth-order valence-electron chi connectivity index (χ4n) is 6.11. The van der Waals surface area contributed by atoms with Gasteiger partial charge in [-0.15, -0.1) is 0 Å². The van der Waals surface area contributed by atoms with Crippen LogP contribution in [0.1, 0.15) is 43.2 Å². The summed E-state index contributed by atoms with van der Waals surface area (Å²) >= 11 is 0. The third kappa shape index (κ3) is 5.32. The van der Waals surface area contributed by atoms with E-state index in [1.54, 1.807) is 17.0 Å². The molecule has 1 aliphatic carbocycles. The molecule has 2 aliphatic heterocycles. The van der Waals surface area contributed by atoms with Crippen molar-refractivity contribution in [2.45, 2.75) is 44.3 Å². The third-order valence-corrected chi connectivity index (χ3v) is 8.04. The van der Waals surface area contributed by atoms with Gasteiger partial charge < -0.3 is 14.7 Å². The van der Waals surface area contributed by atoms with Gasteiger partial charge in [0.2, 0.25) is 5.91 Å². The molecule has 2 aromatic rings. The number of anilines is 2. The van der Waals surface area contributed by atoms with Crippen LogP contribution < -0.4 is 15.4 Å². The van der Waals surface area contributed by atoms with E-state index in [4.69, 9.17) is 5.26 Å². The Morgan fingerprint density at radius 3 is 2.51 bits per heavy atom. The Hall–Kier alpha value is -3.95. The fourth-order valence-corrected chi connectivity index (χ4v) is 6.11. The van der Waals surface area contributed by atoms with E-state index in [0.29, 0.717) is 64.0 Å². The quantitative estimate of drug-likeness (QED) is 0.609. The Kier molecular flexibility index (Phi) is 7.29. The zero-order valence-electron chi connectivity index (χ0n) is 21.2. The number of nitriles is 1. The van der Waals surface area contributed by atoms with Crippen LogP contribution >= 0.6 is 0 Å². The van der Waals surface area contributed by atoms with E-state index in [1.165, 1.54) is 11.1 Å². The second-order valence-corrected chi connectivity index (χ2v) is 10.2. The largest absolute Gasteiger partial charge is 0.423 e. The number of nitrogens with zero attached hydrogens (tertiary/aromatic N) is 6. The molecule has 1 amide bonds. The second kappa shape index (κ2) is 10.7. The predicted molar refractivity (Wildman–Crippen MR) is 134 cm³/mol. The van der Waals surface area contributed by atoms with Crippen molar-refractivity contribution >= 4 is 23.2 Å². The van der Waals surface area contributed by atoms with Crippen LogP contribution in [0.15, 0.2) is 29.3 Å². The highest BCUT2D eigenvalue weighted by atomic mass is 19.4. The minimum absolute atomic E-state index is 0.0809. The lowest BCUT2D eigenvalue weighted by Crippen LogP contribution is -2.49. The number of H-pyrrole nitrogens is 1. The third-order valence-electron chi connectivity index (χ3n) is 8.04. The lowest BCUT2D eigenvalue weighted by molar-refractivity contribution is -0.138. The number of hydrogen-bond acceptors (Lipinski definition) is 8. The van der Waals surface area contributed by atoms with Crippen molar-refractivity contribution < 1.29 is 22.8 Å². The molecular weight excluding hydrogens is 515 g/mol. The molecule has 13 heteroatoms. The van der Waals surface area contributed by atoms with Crippen molar-refractivity contribution in [1.29, 1.82) is 5.26 Å². The number of halogens is 3. The molecule has 1 N–H and O–H groups in total. The Labute approximate surface area is 222 Å². The van der Waals surface area contributed by atoms with Crippen LogP contribution in [0.3, 0.4) is 0 Å². The van der Waals surface area contributed by atoms with Crippen molar-refractivity contribution in [2.75, 3.05) is 42.5 Å². The molecule has 0 bridgehead atoms. The number of carbonyl (C=O) groups is 2. The average molecular weight is 544 g/mol. The first-order valence-electron chi connectivity index (χ1n) is 13.0. The first kappa shape index (κ1) is 26.6. The Balaban J connectivity index is 1.20. The summed E-state index contributed by atoms with van der Waals surface area (Å²) in [6.45, 7) is 2.42. The summed E-state index contributed by atoms with van der Waals surface area (Å²) in [7, 11) is 0. The summed E-state index contributed by atoms with van der Waals surface area (Å²) in [5.41, 5.74) is -2.42. The van der Waals surface area contributed by atoms with Gasteiger partial charge in [0.05, 0.1) is 17.4 Å². The van der Waals surface area contributed by atoms with Crippen LogP contribution in [0.2, 0.25) is 0 Å². The van der Waals surface area contributed by atoms with E-state index < -0.39 is 35.2 Å². The number of hydrogen-bond donors (Lipinski definition) is 1. The number of aromatic nitrogens is 3. The van der Waals surface area contributed by atoms with Gasteiger partial charge >= 0.3 is 6.18 Å². The average Bonchev–Trinajstić information content (AvgIpc) is 3.54. The van der Waals surface area contributed by atoms with E-state index in [0.717, 1.165) is 12.0 Å². The molecule has 206 valence electrons. The molecule has 10 nitrogen and oxygen atoms in total. The maximum Gasteiger partial charge on any atom is 0.423 e. The summed E-state index contributed by atoms with van der Waals surface area (Å²) in [6.07, 6.45) is -0.117. The molecule has 5 rings (SSSR count). The van der Waals surface area contributed by atoms with Crippen molar-refractivity contribution in [3.8, 4) is 6.07 Å². The molecule has 3 atom stereocenters. The van der Waals surface area contributed by atoms with Crippen molar-refractivity contribution in [2.24, 2.45) is 11.8 Å². The molecule has 3 aliphatic rings. The summed E-state index contributed by atoms with van der Waals surface area (Å²) < 4.78 is 41.0. The molecule has 2 aromatic heterocycles. The molecule has 0 unspecified atom stereocenters. The maximum atomic E-state index is 13.7. The number of rotatable bonds is 5. The number of pyridine rings is 1. The minimum Gasteiger partial charge on any atom is -0.366 e. The van der Waals surface area contributed by atoms with Gasteiger partial charge in [0.1, 0.15) is 23.2 Å². The van der Waals surface area contributed by atoms with Crippen LogP contribution in [0.5, 0.6) is 0 Å². The number of ketones is 1. The molecular formula is C26H28F3N7O3. The van der Waals surface area contributed by atoms with Gasteiger partial charge in [-0.1, -0.05) is 0 Å². The highest BCUT2D eigenvalue weighted by Gasteiger charge is 2.46. The predicted octanol–water partition coefficient (Wildman–Crippen LogP) is 2.36. The van der Waals surface area contributed by atoms with Crippen LogP contribution in [0, 0.1) is 23.2 Å². The lowest BCUT2D eigenvalue weighted by Gasteiger charge is -2.36. The smallest absolute Gasteiger partial charge is 0.366 e. The Morgan fingerprint density at radius 1 is 1.08 bits per heavy atom. The highest BCUT2D eigenvalue weighted by Crippen LogP contribution is 2.42. The summed E-state index contributed by atoms with van der Waals surface area (Å²) in [6, 6.07) is 5.04. The molecule has 0 radical (unpaired) electrons. The minimum atomic E-state index is -4.85. The molecule has 39 heavy (non-hydrogen) atoms. The first-order valence-corrected chi connectivity index (χ1v) is 13.0. The topological polar surface area (TPSA) is 126 Å². The number of nitrogens with one attached hydrogen (secondary N) is 1. The van der Waals surface area contributed by atoms with Crippen molar-refractivity contribution in [1.82, 2.24) is 20.1 Å². The molecule has 0 aromatic carbocycles. The maximum absolute atomic E-state index is 13.7. The van der Waals surface area contributed by atoms with Gasteiger partial charge in [-0.3, -0.25) is 14.4 Å². The van der Waals surface area contributed by atoms with Gasteiger partial charge in [0, 0.05) is 63.2 Å². The number of piperazine rings is 1. The van der Waals surface area contributed by atoms with Crippen LogP contribution in [0.4, 0.5) is 24.7 Å². The SMILES string of the molecule is N#Cc1ccc(N2CCN(C(=O)C[C@@H]3CC[C@H]([C@@H]4CCCN4c4cn[nH]c(=O)c4C(F)(F)F)C3=O)CC2)nc1. The highest BCUT2D eigenvalue weighted by molar-refractivity contribution is 5.91. The van der Waals surface area contributed by atoms with E-state index >= 15 is 0 Å². The number of alkyl halides is 3. The summed E-state index contributed by atoms with van der Waals surface area (Å²) in [5.74, 6) is -0.428. The molecule has 1 saturated carbocycles. The van der Waals surface area contributed by atoms with Gasteiger partial charge in [-0.2, -0.15) is 23.5 Å². The van der Waals surface area contributed by atoms with Crippen LogP contribution in [-0.4, -0.2) is 70.5 Å². The van der Waals surface area contributed by atoms with Crippen LogP contribution in [0.25, 0.3) is 0 Å². The molecule has 3 fully saturated rings. The summed E-state index contributed by atoms with van der Waals surface area (Å²) in [5, 5.41) is 14.4. The Bertz CT molecular complexity index is 1330. The fraction of sp³-hybridized carbons (Fsp3) is 0.538. The number of carbonyl (C=O) groups excluding carboxylic acids is 2. The van der Waals surface area contributed by atoms with Crippen LogP contribution in [-0.2, 0) is 15.8 Å². The summed E-state index contributed by atoms with van der Waals surface area (Å²) in [4.78, 5) is 48.0. The normalized spacial score (nSPS) is 23.8. The van der Waals surface area contributed by atoms with Gasteiger partial charge in [-0.05, 0) is 37.8 Å². The van der Waals surface area contributed by atoms with E-state index in [-0.39, 0.29) is 23.8 Å². The molecule has 2 saturated heterocycles. The number of amides is 1. The monoisotopic (exact) mass is 543 g/mol. The molecule has 0 spiro atoms. The first-order chi connectivity index (χ1) is 18.7. The molecule has 4 heterocycles. The standard InChI is InChI=1S/C26H28F3N7O3/c27-26(28,29)23-20(15-32-33-25(23)39)36-7-1-2-19(36)18-5-4-17(24(18)38)12-22(37)35-10-8-34(9-11-35)21-6-3-16(13-30)14-31-21/h3,6,14-15,17-19H,1-2,4-5,7-12H2,(H,33,39)/t17-,18+,19-/m0/s1. The van der Waals surface area contributed by atoms with Gasteiger partial charge in [-0.25, -0.2) is 10.1 Å². The van der Waals surface area contributed by atoms with Crippen molar-refractivity contribution in [3.05, 3.63) is 46.0 Å². The number of aromatic amines is 1. The van der Waals surface area contributed by atoms with E-state index in [9.17, 15) is 27.6 Å². The van der Waals surface area contributed by atoms with Gasteiger partial charge in [0.15, 0.2) is 0 Å². The van der Waals surface area contributed by atoms with Crippen molar-refractivity contribution in [3.63, 3.8) is 0 Å². The zero-order chi connectivity index (χ0) is 27.7. The zero-order valence-corrected chi connectivity index (χ0v) is 21.2. The van der Waals surface area contributed by atoms with E-state index in [2.05, 4.69) is 10.1 Å². The Morgan fingerprint density at radius 2 is 1.85 bits per heavy atom. The van der Waals surface area contributed by atoms with Gasteiger partial charge in [0.25, 0.3) is 5.56 Å². The second-order valence-electron chi connectivity index (χ2n) is 10.2. The van der Waals surface area contributed by atoms with E-state index in [1.807, 2.05) is 16.1 Å². The number of Topliss-reactive ketones (excluding diaryl/α,β-unsaturated/α-hetero) is 1. The lowest BCUT2D eigenvalue weighted by atomic mass is 9.91.